The average molecular weight is 136 g/mol. The maximum Gasteiger partial charge on any atom is 0.120 e. The minimum Gasteiger partial charge on any atom is -0.378 e. The van der Waals surface area contributed by atoms with Gasteiger partial charge in [-0.3, -0.25) is 0 Å². The van der Waals surface area contributed by atoms with Crippen molar-refractivity contribution < 1.29 is 5.11 Å². The van der Waals surface area contributed by atoms with Gasteiger partial charge in [-0.15, -0.1) is 0 Å². The van der Waals surface area contributed by atoms with Gasteiger partial charge in [0.1, 0.15) is 5.60 Å². The van der Waals surface area contributed by atoms with E-state index in [9.17, 15) is 0 Å². The van der Waals surface area contributed by atoms with Gasteiger partial charge in [0, 0.05) is 6.42 Å². The standard InChI is InChI=1S/C9H12O/c1-4-5-6-7-8-9(2,3)10/h10H,4H2,1-3H3. The Morgan fingerprint density at radius 2 is 1.90 bits per heavy atom. The molecule has 0 amide bonds. The smallest absolute Gasteiger partial charge is 0.120 e. The van der Waals surface area contributed by atoms with Crippen LogP contribution in [0.15, 0.2) is 0 Å². The average Bonchev–Trinajstić information content (AvgIpc) is 1.78. The summed E-state index contributed by atoms with van der Waals surface area (Å²) in [4.78, 5) is 0. The van der Waals surface area contributed by atoms with Crippen molar-refractivity contribution in [1.82, 2.24) is 0 Å². The van der Waals surface area contributed by atoms with Gasteiger partial charge in [-0.2, -0.15) is 0 Å². The fourth-order valence-electron chi connectivity index (χ4n) is 0.317. The van der Waals surface area contributed by atoms with Gasteiger partial charge in [0.2, 0.25) is 0 Å². The van der Waals surface area contributed by atoms with Crippen molar-refractivity contribution >= 4 is 0 Å². The Labute approximate surface area is 62.5 Å². The molecule has 0 saturated heterocycles. The maximum absolute atomic E-state index is 9.08. The van der Waals surface area contributed by atoms with Crippen LogP contribution in [0.25, 0.3) is 0 Å². The molecule has 0 aliphatic carbocycles. The fraction of sp³-hybridized carbons (Fsp3) is 0.556. The number of rotatable bonds is 0. The van der Waals surface area contributed by atoms with Gasteiger partial charge in [-0.05, 0) is 25.7 Å². The Morgan fingerprint density at radius 1 is 1.30 bits per heavy atom. The third-order valence-corrected chi connectivity index (χ3v) is 0.696. The van der Waals surface area contributed by atoms with Gasteiger partial charge in [-0.1, -0.05) is 18.8 Å². The Kier molecular flexibility index (Phi) is 3.62. The summed E-state index contributed by atoms with van der Waals surface area (Å²) in [5.74, 6) is 10.6. The summed E-state index contributed by atoms with van der Waals surface area (Å²) in [7, 11) is 0. The third kappa shape index (κ3) is 7.08. The Morgan fingerprint density at radius 3 is 2.30 bits per heavy atom. The highest BCUT2D eigenvalue weighted by Gasteiger charge is 2.04. The third-order valence-electron chi connectivity index (χ3n) is 0.696. The summed E-state index contributed by atoms with van der Waals surface area (Å²) in [6.45, 7) is 5.22. The summed E-state index contributed by atoms with van der Waals surface area (Å²) < 4.78 is 0. The molecule has 0 fully saturated rings. The molecule has 1 nitrogen and oxygen atoms in total. The zero-order valence-corrected chi connectivity index (χ0v) is 6.65. The SMILES string of the molecule is CCC#CC#CC(C)(C)O. The van der Waals surface area contributed by atoms with Crippen molar-refractivity contribution in [3.8, 4) is 23.7 Å². The van der Waals surface area contributed by atoms with E-state index in [2.05, 4.69) is 23.7 Å². The zero-order valence-electron chi connectivity index (χ0n) is 6.65. The molecular weight excluding hydrogens is 124 g/mol. The van der Waals surface area contributed by atoms with E-state index in [4.69, 9.17) is 5.11 Å². The number of aliphatic hydroxyl groups is 1. The summed E-state index contributed by atoms with van der Waals surface area (Å²) in [5.41, 5.74) is -0.914. The minimum atomic E-state index is -0.914. The van der Waals surface area contributed by atoms with Crippen molar-refractivity contribution in [1.29, 1.82) is 0 Å². The fourth-order valence-corrected chi connectivity index (χ4v) is 0.317. The van der Waals surface area contributed by atoms with Crippen LogP contribution in [0.5, 0.6) is 0 Å². The van der Waals surface area contributed by atoms with Crippen LogP contribution in [0.1, 0.15) is 27.2 Å². The quantitative estimate of drug-likeness (QED) is 0.496. The summed E-state index contributed by atoms with van der Waals surface area (Å²) >= 11 is 0. The van der Waals surface area contributed by atoms with E-state index in [0.717, 1.165) is 6.42 Å². The molecule has 0 aliphatic rings. The molecule has 0 radical (unpaired) electrons. The highest BCUT2D eigenvalue weighted by atomic mass is 16.3. The van der Waals surface area contributed by atoms with Crippen LogP contribution in [0, 0.1) is 23.7 Å². The van der Waals surface area contributed by atoms with E-state index in [1.54, 1.807) is 13.8 Å². The zero-order chi connectivity index (χ0) is 8.04. The molecule has 0 saturated carbocycles. The Bertz CT molecular complexity index is 199. The molecule has 0 atom stereocenters. The summed E-state index contributed by atoms with van der Waals surface area (Å²) in [6, 6.07) is 0. The van der Waals surface area contributed by atoms with Crippen molar-refractivity contribution in [2.45, 2.75) is 32.8 Å². The molecule has 0 aliphatic heterocycles. The molecule has 0 rings (SSSR count). The predicted molar refractivity (Wildman–Crippen MR) is 42.1 cm³/mol. The lowest BCUT2D eigenvalue weighted by Crippen LogP contribution is -2.14. The van der Waals surface area contributed by atoms with Crippen LogP contribution in [0.2, 0.25) is 0 Å². The van der Waals surface area contributed by atoms with E-state index in [1.807, 2.05) is 6.92 Å². The van der Waals surface area contributed by atoms with E-state index in [1.165, 1.54) is 0 Å². The number of hydrogen-bond donors (Lipinski definition) is 1. The lowest BCUT2D eigenvalue weighted by molar-refractivity contribution is 0.143. The first kappa shape index (κ1) is 9.08. The van der Waals surface area contributed by atoms with E-state index in [0.29, 0.717) is 0 Å². The molecule has 0 bridgehead atoms. The van der Waals surface area contributed by atoms with Crippen molar-refractivity contribution in [2.24, 2.45) is 0 Å². The first-order chi connectivity index (χ1) is 4.56. The molecule has 0 unspecified atom stereocenters. The molecule has 10 heavy (non-hydrogen) atoms. The van der Waals surface area contributed by atoms with Crippen molar-refractivity contribution in [3.63, 3.8) is 0 Å². The van der Waals surface area contributed by atoms with Crippen LogP contribution in [-0.4, -0.2) is 10.7 Å². The highest BCUT2D eigenvalue weighted by molar-refractivity contribution is 5.28. The van der Waals surface area contributed by atoms with Gasteiger partial charge in [0.05, 0.1) is 0 Å². The van der Waals surface area contributed by atoms with Crippen molar-refractivity contribution in [2.75, 3.05) is 0 Å². The Hall–Kier alpha value is -0.920. The molecule has 54 valence electrons. The van der Waals surface area contributed by atoms with Gasteiger partial charge in [0.15, 0.2) is 0 Å². The lowest BCUT2D eigenvalue weighted by atomic mass is 10.1. The van der Waals surface area contributed by atoms with Crippen LogP contribution >= 0.6 is 0 Å². The Balaban J connectivity index is 3.93. The van der Waals surface area contributed by atoms with Crippen LogP contribution in [-0.2, 0) is 0 Å². The second-order valence-electron chi connectivity index (χ2n) is 2.46. The van der Waals surface area contributed by atoms with Gasteiger partial charge < -0.3 is 5.11 Å². The molecule has 0 aromatic heterocycles. The molecule has 0 spiro atoms. The molecule has 1 heteroatoms. The first-order valence-corrected chi connectivity index (χ1v) is 3.28. The van der Waals surface area contributed by atoms with Crippen LogP contribution in [0.3, 0.4) is 0 Å². The topological polar surface area (TPSA) is 20.2 Å². The molecular formula is C9H12O. The van der Waals surface area contributed by atoms with Crippen molar-refractivity contribution in [3.05, 3.63) is 0 Å². The summed E-state index contributed by atoms with van der Waals surface area (Å²) in [6.07, 6.45) is 0.806. The van der Waals surface area contributed by atoms with Gasteiger partial charge >= 0.3 is 0 Å². The molecule has 0 heterocycles. The second kappa shape index (κ2) is 3.99. The van der Waals surface area contributed by atoms with E-state index in [-0.39, 0.29) is 0 Å². The predicted octanol–water partition coefficient (Wildman–Crippen LogP) is 1.17. The first-order valence-electron chi connectivity index (χ1n) is 3.28. The van der Waals surface area contributed by atoms with E-state index < -0.39 is 5.60 Å². The molecule has 1 N–H and O–H groups in total. The lowest BCUT2D eigenvalue weighted by Gasteiger charge is -2.04. The summed E-state index contributed by atoms with van der Waals surface area (Å²) in [5, 5.41) is 9.08. The normalized spacial score (nSPS) is 8.80. The van der Waals surface area contributed by atoms with E-state index >= 15 is 0 Å². The highest BCUT2D eigenvalue weighted by Crippen LogP contribution is 1.95. The monoisotopic (exact) mass is 136 g/mol. The molecule has 0 aromatic rings. The van der Waals surface area contributed by atoms with Gasteiger partial charge in [-0.25, -0.2) is 0 Å². The number of hydrogen-bond acceptors (Lipinski definition) is 1. The van der Waals surface area contributed by atoms with Crippen LogP contribution < -0.4 is 0 Å². The molecule has 0 aromatic carbocycles. The second-order valence-corrected chi connectivity index (χ2v) is 2.46. The van der Waals surface area contributed by atoms with Gasteiger partial charge in [0.25, 0.3) is 0 Å². The minimum absolute atomic E-state index is 0.806. The maximum atomic E-state index is 9.08. The van der Waals surface area contributed by atoms with Crippen LogP contribution in [0.4, 0.5) is 0 Å². The largest absolute Gasteiger partial charge is 0.378 e.